The number of aromatic nitrogens is 2. The van der Waals surface area contributed by atoms with E-state index in [0.29, 0.717) is 17.1 Å². The number of pyridine rings is 1. The molecule has 144 valence electrons. The number of carbonyl (C=O) groups is 1. The number of benzene rings is 2. The highest BCUT2D eigenvalue weighted by molar-refractivity contribution is 6.04. The fourth-order valence-electron chi connectivity index (χ4n) is 2.95. The van der Waals surface area contributed by atoms with Crippen molar-refractivity contribution in [2.45, 2.75) is 6.92 Å². The predicted molar refractivity (Wildman–Crippen MR) is 104 cm³/mol. The molecular weight excluding hydrogens is 376 g/mol. The fourth-order valence-corrected chi connectivity index (χ4v) is 2.95. The first kappa shape index (κ1) is 18.5. The lowest BCUT2D eigenvalue weighted by molar-refractivity contribution is 0.101. The van der Waals surface area contributed by atoms with Gasteiger partial charge in [-0.05, 0) is 42.8 Å². The summed E-state index contributed by atoms with van der Waals surface area (Å²) < 4.78 is 32.7. The zero-order valence-corrected chi connectivity index (χ0v) is 15.3. The molecule has 2 aromatic heterocycles. The van der Waals surface area contributed by atoms with Gasteiger partial charge >= 0.3 is 0 Å². The highest BCUT2D eigenvalue weighted by Crippen LogP contribution is 2.28. The van der Waals surface area contributed by atoms with Crippen molar-refractivity contribution >= 4 is 11.6 Å². The third-order valence-electron chi connectivity index (χ3n) is 4.45. The van der Waals surface area contributed by atoms with E-state index in [2.05, 4.69) is 15.5 Å². The van der Waals surface area contributed by atoms with Gasteiger partial charge in [-0.2, -0.15) is 0 Å². The number of amides is 1. The van der Waals surface area contributed by atoms with E-state index >= 15 is 0 Å². The molecular formula is C22H15F2N3O2. The maximum atomic E-state index is 13.8. The summed E-state index contributed by atoms with van der Waals surface area (Å²) in [7, 11) is 0. The first-order chi connectivity index (χ1) is 14.0. The van der Waals surface area contributed by atoms with Gasteiger partial charge in [0, 0.05) is 17.2 Å². The molecule has 1 N–H and O–H groups in total. The number of halogens is 2. The number of rotatable bonds is 4. The van der Waals surface area contributed by atoms with E-state index in [4.69, 9.17) is 4.52 Å². The van der Waals surface area contributed by atoms with Crippen molar-refractivity contribution in [2.75, 3.05) is 5.32 Å². The highest BCUT2D eigenvalue weighted by atomic mass is 19.1. The quantitative estimate of drug-likeness (QED) is 0.516. The van der Waals surface area contributed by atoms with Crippen LogP contribution in [-0.2, 0) is 0 Å². The van der Waals surface area contributed by atoms with Crippen LogP contribution in [-0.4, -0.2) is 16.0 Å². The molecule has 0 aliphatic heterocycles. The number of carbonyl (C=O) groups excluding carboxylic acids is 1. The van der Waals surface area contributed by atoms with Gasteiger partial charge in [0.2, 0.25) is 0 Å². The van der Waals surface area contributed by atoms with E-state index in [0.717, 1.165) is 28.8 Å². The molecule has 2 heterocycles. The Kier molecular flexibility index (Phi) is 4.87. The van der Waals surface area contributed by atoms with Crippen LogP contribution in [0.5, 0.6) is 0 Å². The van der Waals surface area contributed by atoms with Gasteiger partial charge < -0.3 is 9.84 Å². The summed E-state index contributed by atoms with van der Waals surface area (Å²) in [6, 6.07) is 14.2. The van der Waals surface area contributed by atoms with Crippen molar-refractivity contribution in [1.82, 2.24) is 10.1 Å². The summed E-state index contributed by atoms with van der Waals surface area (Å²) in [4.78, 5) is 16.6. The van der Waals surface area contributed by atoms with Gasteiger partial charge in [0.05, 0.1) is 23.8 Å². The maximum Gasteiger partial charge on any atom is 0.261 e. The Bertz CT molecular complexity index is 1150. The summed E-state index contributed by atoms with van der Waals surface area (Å²) in [5.74, 6) is -2.08. The molecule has 29 heavy (non-hydrogen) atoms. The van der Waals surface area contributed by atoms with Crippen molar-refractivity contribution in [2.24, 2.45) is 0 Å². The van der Waals surface area contributed by atoms with Crippen molar-refractivity contribution in [3.63, 3.8) is 0 Å². The molecule has 0 radical (unpaired) electrons. The van der Waals surface area contributed by atoms with E-state index in [1.165, 1.54) is 12.3 Å². The molecule has 0 spiro atoms. The maximum absolute atomic E-state index is 13.8. The second kappa shape index (κ2) is 7.63. The molecule has 7 heteroatoms. The van der Waals surface area contributed by atoms with Crippen LogP contribution < -0.4 is 5.32 Å². The predicted octanol–water partition coefficient (Wildman–Crippen LogP) is 5.24. The summed E-state index contributed by atoms with van der Waals surface area (Å²) in [6.07, 6.45) is 3.01. The van der Waals surface area contributed by atoms with Crippen molar-refractivity contribution < 1.29 is 18.1 Å². The van der Waals surface area contributed by atoms with Gasteiger partial charge in [-0.3, -0.25) is 9.78 Å². The minimum absolute atomic E-state index is 0.324. The van der Waals surface area contributed by atoms with E-state index in [9.17, 15) is 13.6 Å². The van der Waals surface area contributed by atoms with Gasteiger partial charge in [0.15, 0.2) is 5.76 Å². The molecule has 0 atom stereocenters. The Morgan fingerprint density at radius 2 is 1.83 bits per heavy atom. The number of nitrogens with zero attached hydrogens (tertiary/aromatic N) is 2. The average molecular weight is 391 g/mol. The highest BCUT2D eigenvalue weighted by Gasteiger charge is 2.17. The molecule has 0 bridgehead atoms. The summed E-state index contributed by atoms with van der Waals surface area (Å²) in [5.41, 5.74) is 3.12. The molecule has 4 rings (SSSR count). The van der Waals surface area contributed by atoms with Crippen molar-refractivity contribution in [3.8, 4) is 22.6 Å². The molecule has 0 saturated heterocycles. The second-order valence-corrected chi connectivity index (χ2v) is 6.39. The number of nitrogens with one attached hydrogen (secondary N) is 1. The van der Waals surface area contributed by atoms with E-state index in [1.54, 1.807) is 24.4 Å². The molecule has 1 amide bonds. The normalized spacial score (nSPS) is 10.7. The largest absolute Gasteiger partial charge is 0.356 e. The van der Waals surface area contributed by atoms with Gasteiger partial charge in [0.1, 0.15) is 17.2 Å². The minimum Gasteiger partial charge on any atom is -0.356 e. The molecule has 0 aliphatic carbocycles. The lowest BCUT2D eigenvalue weighted by atomic mass is 10.0. The Balaban J connectivity index is 1.59. The van der Waals surface area contributed by atoms with E-state index in [1.807, 2.05) is 25.1 Å². The van der Waals surface area contributed by atoms with Crippen molar-refractivity contribution in [1.29, 1.82) is 0 Å². The Morgan fingerprint density at radius 3 is 2.48 bits per heavy atom. The zero-order chi connectivity index (χ0) is 20.4. The minimum atomic E-state index is -0.924. The van der Waals surface area contributed by atoms with Crippen LogP contribution in [0, 0.1) is 18.6 Å². The van der Waals surface area contributed by atoms with E-state index in [-0.39, 0.29) is 0 Å². The second-order valence-electron chi connectivity index (χ2n) is 6.39. The SMILES string of the molecule is Cc1ccc(-c2ccno2)cc1-c1ccc(NC(=O)c2c(F)cccc2F)cn1. The van der Waals surface area contributed by atoms with Crippen molar-refractivity contribution in [3.05, 3.63) is 89.8 Å². The standard InChI is InChI=1S/C22H15F2N3O2/c1-13-5-6-14(20-9-10-26-29-20)11-16(13)19-8-7-15(12-25-19)27-22(28)21-17(23)3-2-4-18(21)24/h2-12H,1H3,(H,27,28). The zero-order valence-electron chi connectivity index (χ0n) is 15.3. The van der Waals surface area contributed by atoms with Gasteiger partial charge in [0.25, 0.3) is 5.91 Å². The number of aryl methyl sites for hydroxylation is 1. The fraction of sp³-hybridized carbons (Fsp3) is 0.0455. The van der Waals surface area contributed by atoms with Crippen LogP contribution in [0.4, 0.5) is 14.5 Å². The smallest absolute Gasteiger partial charge is 0.261 e. The lowest BCUT2D eigenvalue weighted by Gasteiger charge is -2.10. The van der Waals surface area contributed by atoms with Gasteiger partial charge in [-0.1, -0.05) is 23.4 Å². The Labute approximate surface area is 165 Å². The van der Waals surface area contributed by atoms with Crippen LogP contribution >= 0.6 is 0 Å². The Morgan fingerprint density at radius 1 is 1.03 bits per heavy atom. The van der Waals surface area contributed by atoms with Crippen LogP contribution in [0.2, 0.25) is 0 Å². The number of hydrogen-bond acceptors (Lipinski definition) is 4. The molecule has 0 fully saturated rings. The van der Waals surface area contributed by atoms with Gasteiger partial charge in [-0.25, -0.2) is 8.78 Å². The molecule has 0 unspecified atom stereocenters. The summed E-state index contributed by atoms with van der Waals surface area (Å²) in [5, 5.41) is 6.18. The van der Waals surface area contributed by atoms with E-state index < -0.39 is 23.1 Å². The molecule has 0 saturated carbocycles. The number of anilines is 1. The summed E-state index contributed by atoms with van der Waals surface area (Å²) in [6.45, 7) is 1.96. The average Bonchev–Trinajstić information content (AvgIpc) is 3.24. The topological polar surface area (TPSA) is 68.0 Å². The first-order valence-electron chi connectivity index (χ1n) is 8.76. The van der Waals surface area contributed by atoms with Crippen LogP contribution in [0.15, 0.2) is 71.5 Å². The van der Waals surface area contributed by atoms with Crippen LogP contribution in [0.3, 0.4) is 0 Å². The first-order valence-corrected chi connectivity index (χ1v) is 8.76. The molecule has 4 aromatic rings. The monoisotopic (exact) mass is 391 g/mol. The third-order valence-corrected chi connectivity index (χ3v) is 4.45. The van der Waals surface area contributed by atoms with Gasteiger partial charge in [-0.15, -0.1) is 0 Å². The molecule has 5 nitrogen and oxygen atoms in total. The number of hydrogen-bond donors (Lipinski definition) is 1. The third kappa shape index (κ3) is 3.75. The lowest BCUT2D eigenvalue weighted by Crippen LogP contribution is -2.15. The van der Waals surface area contributed by atoms with Crippen LogP contribution in [0.25, 0.3) is 22.6 Å². The summed E-state index contributed by atoms with van der Waals surface area (Å²) >= 11 is 0. The molecule has 0 aliphatic rings. The van der Waals surface area contributed by atoms with Crippen LogP contribution in [0.1, 0.15) is 15.9 Å². The molecule has 2 aromatic carbocycles. The Hall–Kier alpha value is -3.87.